The molecule has 3 aromatic carbocycles. The Morgan fingerprint density at radius 1 is 0.700 bits per heavy atom. The zero-order valence-corrected chi connectivity index (χ0v) is 19.3. The maximum absolute atomic E-state index is 2.63. The molecule has 3 aromatic rings. The van der Waals surface area contributed by atoms with Crippen LogP contribution in [0, 0.1) is 5.92 Å². The van der Waals surface area contributed by atoms with Crippen molar-refractivity contribution in [2.24, 2.45) is 5.92 Å². The van der Waals surface area contributed by atoms with E-state index in [0.29, 0.717) is 10.5 Å². The van der Waals surface area contributed by atoms with Crippen molar-refractivity contribution in [3.63, 3.8) is 0 Å². The first-order valence-electron chi connectivity index (χ1n) is 11.6. The van der Waals surface area contributed by atoms with Gasteiger partial charge in [0.15, 0.2) is 0 Å². The van der Waals surface area contributed by atoms with Gasteiger partial charge in [-0.25, -0.2) is 10.0 Å². The van der Waals surface area contributed by atoms with E-state index in [1.807, 2.05) is 0 Å². The van der Waals surface area contributed by atoms with Gasteiger partial charge in [0.1, 0.15) is 0 Å². The second kappa shape index (κ2) is 6.76. The highest BCUT2D eigenvalue weighted by Gasteiger charge is 2.46. The molecule has 0 saturated heterocycles. The summed E-state index contributed by atoms with van der Waals surface area (Å²) in [5.74, 6) is 0.735. The molecule has 0 aliphatic heterocycles. The largest absolute Gasteiger partial charge is 0.229 e. The Morgan fingerprint density at radius 2 is 1.33 bits per heavy atom. The Kier molecular flexibility index (Phi) is 4.22. The average molecular weight is 413 g/mol. The van der Waals surface area contributed by atoms with Gasteiger partial charge < -0.3 is 0 Å². The second-order valence-electron chi connectivity index (χ2n) is 10.1. The van der Waals surface area contributed by atoms with Crippen molar-refractivity contribution in [1.29, 1.82) is 0 Å². The molecule has 0 spiro atoms. The number of aryl methyl sites for hydroxylation is 1. The first kappa shape index (κ1) is 18.8. The Hall–Kier alpha value is -1.99. The molecule has 0 amide bonds. The van der Waals surface area contributed by atoms with E-state index in [1.165, 1.54) is 43.2 Å². The van der Waals surface area contributed by atoms with E-state index in [-0.39, 0.29) is 0 Å². The molecule has 30 heavy (non-hydrogen) atoms. The van der Waals surface area contributed by atoms with Crippen molar-refractivity contribution < 1.29 is 0 Å². The molecule has 0 fully saturated rings. The molecule has 2 atom stereocenters. The molecule has 0 aromatic heterocycles. The summed E-state index contributed by atoms with van der Waals surface area (Å²) in [5.41, 5.74) is 12.9. The van der Waals surface area contributed by atoms with E-state index in [2.05, 4.69) is 80.1 Å². The highest BCUT2D eigenvalue weighted by Crippen LogP contribution is 2.73. The van der Waals surface area contributed by atoms with Crippen LogP contribution in [0.4, 0.5) is 0 Å². The Bertz CT molecular complexity index is 1090. The van der Waals surface area contributed by atoms with Crippen LogP contribution in [0.5, 0.6) is 0 Å². The molecular weight excluding hydrogens is 380 g/mol. The fourth-order valence-electron chi connectivity index (χ4n) is 7.00. The molecule has 0 nitrogen and oxygen atoms in total. The van der Waals surface area contributed by atoms with Gasteiger partial charge in [-0.15, -0.1) is 0 Å². The zero-order chi connectivity index (χ0) is 20.5. The van der Waals surface area contributed by atoms with E-state index >= 15 is 0 Å². The van der Waals surface area contributed by atoms with Crippen LogP contribution < -0.4 is 0 Å². The van der Waals surface area contributed by atoms with Crippen LogP contribution in [0.25, 0.3) is 11.1 Å². The predicted octanol–water partition coefficient (Wildman–Crippen LogP) is 7.63. The maximum Gasteiger partial charge on any atom is 0.0405 e. The Labute approximate surface area is 183 Å². The van der Waals surface area contributed by atoms with Crippen LogP contribution in [0.3, 0.4) is 0 Å². The smallest absolute Gasteiger partial charge is 0.0405 e. The van der Waals surface area contributed by atoms with Crippen LogP contribution in [-0.2, 0) is 19.3 Å². The highest BCUT2D eigenvalue weighted by molar-refractivity contribution is 8.33. The topological polar surface area (TPSA) is 0 Å². The fraction of sp³-hybridized carbons (Fsp3) is 0.379. The van der Waals surface area contributed by atoms with Gasteiger partial charge in [0.05, 0.1) is 0 Å². The lowest BCUT2D eigenvalue weighted by atomic mass is 9.86. The van der Waals surface area contributed by atoms with Crippen molar-refractivity contribution in [3.8, 4) is 11.1 Å². The van der Waals surface area contributed by atoms with Crippen molar-refractivity contribution in [2.75, 3.05) is 12.5 Å². The number of hydrogen-bond donors (Lipinski definition) is 0. The van der Waals surface area contributed by atoms with Gasteiger partial charge in [-0.3, -0.25) is 0 Å². The third kappa shape index (κ3) is 2.54. The molecule has 2 unspecified atom stereocenters. The summed E-state index contributed by atoms with van der Waals surface area (Å²) in [4.78, 5) is 0. The number of benzene rings is 3. The van der Waals surface area contributed by atoms with Crippen molar-refractivity contribution in [2.45, 2.75) is 49.5 Å². The third-order valence-corrected chi connectivity index (χ3v) is 11.8. The summed E-state index contributed by atoms with van der Waals surface area (Å²) in [6.45, 7) is 2.53. The highest BCUT2D eigenvalue weighted by atomic mass is 32.3. The zero-order valence-electron chi connectivity index (χ0n) is 18.4. The minimum Gasteiger partial charge on any atom is -0.229 e. The average Bonchev–Trinajstić information content (AvgIpc) is 3.29. The van der Waals surface area contributed by atoms with Crippen LogP contribution in [0.1, 0.15) is 63.6 Å². The quantitative estimate of drug-likeness (QED) is 0.406. The third-order valence-electron chi connectivity index (χ3n) is 8.08. The lowest BCUT2D eigenvalue weighted by molar-refractivity contribution is 0.604. The lowest BCUT2D eigenvalue weighted by Gasteiger charge is -2.47. The molecule has 154 valence electrons. The summed E-state index contributed by atoms with van der Waals surface area (Å²) < 4.78 is 0. The van der Waals surface area contributed by atoms with E-state index in [0.717, 1.165) is 5.92 Å². The summed E-state index contributed by atoms with van der Waals surface area (Å²) in [6.07, 6.45) is 11.9. The van der Waals surface area contributed by atoms with E-state index in [9.17, 15) is 0 Å². The van der Waals surface area contributed by atoms with Gasteiger partial charge in [-0.1, -0.05) is 67.6 Å². The van der Waals surface area contributed by atoms with Crippen LogP contribution >= 0.6 is 10.0 Å². The normalized spacial score (nSPS) is 22.9. The Morgan fingerprint density at radius 3 is 2.03 bits per heavy atom. The molecule has 1 heteroatoms. The molecule has 0 N–H and O–H groups in total. The molecule has 0 saturated carbocycles. The van der Waals surface area contributed by atoms with E-state index in [1.54, 1.807) is 33.4 Å². The SMILES string of the molecule is CC1Cc2c(ccc3c2CCCC3)C1S(C)(C)C1c2ccccc2-c2ccccc21. The molecule has 3 aliphatic carbocycles. The molecule has 6 rings (SSSR count). The summed E-state index contributed by atoms with van der Waals surface area (Å²) in [6, 6.07) is 23.4. The lowest BCUT2D eigenvalue weighted by Crippen LogP contribution is -2.19. The van der Waals surface area contributed by atoms with Crippen molar-refractivity contribution in [1.82, 2.24) is 0 Å². The first-order chi connectivity index (χ1) is 14.6. The second-order valence-corrected chi connectivity index (χ2v) is 14.1. The predicted molar refractivity (Wildman–Crippen MR) is 132 cm³/mol. The minimum absolute atomic E-state index is 0.541. The van der Waals surface area contributed by atoms with Crippen LogP contribution in [0.2, 0.25) is 0 Å². The van der Waals surface area contributed by atoms with Crippen LogP contribution in [0.15, 0.2) is 60.7 Å². The molecule has 0 bridgehead atoms. The van der Waals surface area contributed by atoms with Gasteiger partial charge >= 0.3 is 0 Å². The molecular formula is C29H32S. The summed E-state index contributed by atoms with van der Waals surface area (Å²) in [5, 5.41) is 1.23. The minimum atomic E-state index is -0.954. The fourth-order valence-corrected chi connectivity index (χ4v) is 11.2. The van der Waals surface area contributed by atoms with Gasteiger partial charge in [-0.2, -0.15) is 0 Å². The van der Waals surface area contributed by atoms with Gasteiger partial charge in [0.25, 0.3) is 0 Å². The Balaban J connectivity index is 1.51. The van der Waals surface area contributed by atoms with Gasteiger partial charge in [-0.05, 0) is 95.0 Å². The maximum atomic E-state index is 2.63. The van der Waals surface area contributed by atoms with Crippen molar-refractivity contribution in [3.05, 3.63) is 94.0 Å². The number of hydrogen-bond acceptors (Lipinski definition) is 0. The molecule has 0 radical (unpaired) electrons. The first-order valence-corrected chi connectivity index (χ1v) is 14.2. The van der Waals surface area contributed by atoms with E-state index < -0.39 is 10.0 Å². The summed E-state index contributed by atoms with van der Waals surface area (Å²) >= 11 is 0. The summed E-state index contributed by atoms with van der Waals surface area (Å²) in [7, 11) is -0.954. The van der Waals surface area contributed by atoms with Gasteiger partial charge in [0.2, 0.25) is 0 Å². The number of fused-ring (bicyclic) bond motifs is 6. The van der Waals surface area contributed by atoms with Gasteiger partial charge in [0, 0.05) is 10.5 Å². The number of rotatable bonds is 2. The monoisotopic (exact) mass is 412 g/mol. The van der Waals surface area contributed by atoms with Crippen molar-refractivity contribution >= 4 is 10.0 Å². The standard InChI is InChI=1S/C29H32S/c1-19-18-27-21-11-5-4-10-20(21)16-17-26(27)28(19)30(2,3)29-24-14-8-6-12-22(24)23-13-7-9-15-25(23)29/h6-9,12-17,19,28-29H,4-5,10-11,18H2,1-3H3. The molecule has 0 heterocycles. The van der Waals surface area contributed by atoms with Crippen LogP contribution in [-0.4, -0.2) is 12.5 Å². The molecule has 3 aliphatic rings. The van der Waals surface area contributed by atoms with E-state index in [4.69, 9.17) is 0 Å².